The smallest absolute Gasteiger partial charge is 0.264 e. The summed E-state index contributed by atoms with van der Waals surface area (Å²) >= 11 is 0. The third-order valence-electron chi connectivity index (χ3n) is 6.94. The molecule has 1 heterocycles. The van der Waals surface area contributed by atoms with Crippen LogP contribution in [0.25, 0.3) is 0 Å². The summed E-state index contributed by atoms with van der Waals surface area (Å²) in [7, 11) is -6.46. The second kappa shape index (κ2) is 12.4. The molecule has 0 spiro atoms. The average Bonchev–Trinajstić information content (AvgIpc) is 2.96. The number of nitrogens with zero attached hydrogens (tertiary/aromatic N) is 2. The van der Waals surface area contributed by atoms with Crippen molar-refractivity contribution in [3.05, 3.63) is 77.9 Å². The van der Waals surface area contributed by atoms with Crippen molar-refractivity contribution in [3.8, 4) is 5.75 Å². The number of piperidine rings is 1. The fraction of sp³-hybridized carbons (Fsp3) is 0.345. The van der Waals surface area contributed by atoms with Gasteiger partial charge < -0.3 is 10.1 Å². The van der Waals surface area contributed by atoms with Crippen LogP contribution in [0.3, 0.4) is 0 Å². The van der Waals surface area contributed by atoms with Crippen LogP contribution in [0.4, 0.5) is 11.4 Å². The van der Waals surface area contributed by atoms with Crippen molar-refractivity contribution < 1.29 is 26.4 Å². The summed E-state index contributed by atoms with van der Waals surface area (Å²) in [6, 6.07) is 17.8. The number of sulfonamides is 2. The molecule has 0 aliphatic carbocycles. The van der Waals surface area contributed by atoms with Gasteiger partial charge in [-0.1, -0.05) is 49.2 Å². The summed E-state index contributed by atoms with van der Waals surface area (Å²) in [4.78, 5) is 13.5. The van der Waals surface area contributed by atoms with E-state index < -0.39 is 32.5 Å². The van der Waals surface area contributed by atoms with Crippen molar-refractivity contribution in [2.45, 2.75) is 49.3 Å². The van der Waals surface area contributed by atoms with Crippen molar-refractivity contribution in [2.75, 3.05) is 36.4 Å². The summed E-state index contributed by atoms with van der Waals surface area (Å²) in [5, 5.41) is 2.69. The van der Waals surface area contributed by atoms with Gasteiger partial charge in [-0.15, -0.1) is 0 Å². The van der Waals surface area contributed by atoms with Crippen LogP contribution in [0.5, 0.6) is 5.75 Å². The molecule has 0 atom stereocenters. The highest BCUT2D eigenvalue weighted by Gasteiger charge is 2.30. The van der Waals surface area contributed by atoms with Gasteiger partial charge in [0.05, 0.1) is 28.3 Å². The number of anilines is 2. The minimum absolute atomic E-state index is 0.0333. The van der Waals surface area contributed by atoms with Gasteiger partial charge in [-0.3, -0.25) is 9.10 Å². The van der Waals surface area contributed by atoms with E-state index >= 15 is 0 Å². The van der Waals surface area contributed by atoms with E-state index in [1.807, 2.05) is 26.0 Å². The van der Waals surface area contributed by atoms with Gasteiger partial charge in [-0.2, -0.15) is 4.31 Å². The Kier molecular flexibility index (Phi) is 9.17. The van der Waals surface area contributed by atoms with Gasteiger partial charge in [0.2, 0.25) is 15.9 Å². The minimum Gasteiger partial charge on any atom is -0.495 e. The Bertz CT molecular complexity index is 1570. The second-order valence-corrected chi connectivity index (χ2v) is 13.5. The zero-order valence-corrected chi connectivity index (χ0v) is 24.6. The number of amides is 1. The number of nitrogens with one attached hydrogen (secondary N) is 1. The number of methoxy groups -OCH3 is 1. The van der Waals surface area contributed by atoms with Crippen molar-refractivity contribution in [1.29, 1.82) is 0 Å². The zero-order chi connectivity index (χ0) is 28.9. The fourth-order valence-corrected chi connectivity index (χ4v) is 7.71. The first-order valence-electron chi connectivity index (χ1n) is 13.2. The van der Waals surface area contributed by atoms with Crippen molar-refractivity contribution >= 4 is 37.3 Å². The summed E-state index contributed by atoms with van der Waals surface area (Å²) in [6.07, 6.45) is 3.13. The number of hydrogen-bond acceptors (Lipinski definition) is 6. The van der Waals surface area contributed by atoms with E-state index in [0.29, 0.717) is 25.2 Å². The van der Waals surface area contributed by atoms with Gasteiger partial charge in [-0.25, -0.2) is 16.8 Å². The highest BCUT2D eigenvalue weighted by Crippen LogP contribution is 2.31. The molecule has 40 heavy (non-hydrogen) atoms. The van der Waals surface area contributed by atoms with Gasteiger partial charge in [0, 0.05) is 13.1 Å². The van der Waals surface area contributed by atoms with Crippen LogP contribution >= 0.6 is 0 Å². The first-order valence-corrected chi connectivity index (χ1v) is 16.1. The van der Waals surface area contributed by atoms with Crippen molar-refractivity contribution in [1.82, 2.24) is 4.31 Å². The third kappa shape index (κ3) is 6.32. The Morgan fingerprint density at radius 1 is 0.925 bits per heavy atom. The van der Waals surface area contributed by atoms with Gasteiger partial charge in [0.25, 0.3) is 10.0 Å². The molecule has 0 radical (unpaired) electrons. The summed E-state index contributed by atoms with van der Waals surface area (Å²) in [5.41, 5.74) is 2.21. The molecule has 0 aromatic heterocycles. The van der Waals surface area contributed by atoms with Gasteiger partial charge in [0.1, 0.15) is 12.3 Å². The Morgan fingerprint density at radius 2 is 1.57 bits per heavy atom. The lowest BCUT2D eigenvalue weighted by molar-refractivity contribution is -0.114. The predicted octanol–water partition coefficient (Wildman–Crippen LogP) is 4.57. The molecule has 1 fully saturated rings. The lowest BCUT2D eigenvalue weighted by atomic mass is 10.1. The number of rotatable bonds is 10. The van der Waals surface area contributed by atoms with Crippen LogP contribution in [0.1, 0.15) is 37.3 Å². The van der Waals surface area contributed by atoms with Gasteiger partial charge in [0.15, 0.2) is 0 Å². The number of hydrogen-bond donors (Lipinski definition) is 1. The monoisotopic (exact) mass is 585 g/mol. The molecule has 1 saturated heterocycles. The molecule has 1 N–H and O–H groups in total. The third-order valence-corrected chi connectivity index (χ3v) is 10.6. The first-order chi connectivity index (χ1) is 19.1. The largest absolute Gasteiger partial charge is 0.495 e. The van der Waals surface area contributed by atoms with E-state index in [9.17, 15) is 21.6 Å². The van der Waals surface area contributed by atoms with E-state index in [2.05, 4.69) is 5.32 Å². The number of carbonyl (C=O) groups is 1. The van der Waals surface area contributed by atoms with E-state index in [-0.39, 0.29) is 21.2 Å². The normalized spacial score (nSPS) is 14.5. The van der Waals surface area contributed by atoms with Crippen LogP contribution < -0.4 is 14.4 Å². The second-order valence-electron chi connectivity index (χ2n) is 9.68. The molecule has 0 bridgehead atoms. The number of aryl methyl sites for hydroxylation is 2. The highest BCUT2D eigenvalue weighted by atomic mass is 32.2. The molecular formula is C29H35N3O6S2. The molecule has 9 nitrogen and oxygen atoms in total. The molecule has 1 amide bonds. The first kappa shape index (κ1) is 29.6. The Hall–Kier alpha value is -3.41. The molecule has 0 unspecified atom stereocenters. The fourth-order valence-electron chi connectivity index (χ4n) is 4.71. The van der Waals surface area contributed by atoms with Crippen molar-refractivity contribution in [3.63, 3.8) is 0 Å². The highest BCUT2D eigenvalue weighted by molar-refractivity contribution is 7.92. The zero-order valence-electron chi connectivity index (χ0n) is 23.0. The maximum atomic E-state index is 13.8. The van der Waals surface area contributed by atoms with Crippen LogP contribution in [0, 0.1) is 6.92 Å². The molecule has 214 valence electrons. The summed E-state index contributed by atoms with van der Waals surface area (Å²) in [6.45, 7) is 4.13. The number of para-hydroxylation sites is 1. The minimum atomic E-state index is -4.11. The Labute approximate surface area is 236 Å². The molecule has 4 rings (SSSR count). The molecule has 0 saturated carbocycles. The van der Waals surface area contributed by atoms with Crippen LogP contribution in [-0.2, 0) is 31.3 Å². The molecule has 11 heteroatoms. The molecule has 3 aromatic carbocycles. The molecule has 1 aliphatic rings. The van der Waals surface area contributed by atoms with Crippen LogP contribution in [0.15, 0.2) is 76.5 Å². The van der Waals surface area contributed by atoms with E-state index in [4.69, 9.17) is 4.74 Å². The average molecular weight is 586 g/mol. The van der Waals surface area contributed by atoms with E-state index in [1.54, 1.807) is 24.3 Å². The summed E-state index contributed by atoms with van der Waals surface area (Å²) in [5.74, 6) is -0.389. The number of benzene rings is 3. The lowest BCUT2D eigenvalue weighted by Gasteiger charge is -2.27. The lowest BCUT2D eigenvalue weighted by Crippen LogP contribution is -2.39. The molecular weight excluding hydrogens is 550 g/mol. The number of carbonyl (C=O) groups excluding carboxylic acids is 1. The predicted molar refractivity (Wildman–Crippen MR) is 156 cm³/mol. The standard InChI is InChI=1S/C29H35N3O6S2/c1-4-23-10-6-7-11-27(23)32(40(36,37)24-14-12-22(2)13-15-24)21-29(33)30-26-20-25(16-17-28(26)38-3)39(34,35)31-18-8-5-9-19-31/h6-7,10-17,20H,4-5,8-9,18-19,21H2,1-3H3,(H,30,33). The van der Waals surface area contributed by atoms with Gasteiger partial charge >= 0.3 is 0 Å². The van der Waals surface area contributed by atoms with Crippen LogP contribution in [-0.4, -0.2) is 53.8 Å². The Balaban J connectivity index is 1.68. The molecule has 3 aromatic rings. The van der Waals surface area contributed by atoms with E-state index in [0.717, 1.165) is 34.7 Å². The number of ether oxygens (including phenoxy) is 1. The maximum Gasteiger partial charge on any atom is 0.264 e. The van der Waals surface area contributed by atoms with Crippen molar-refractivity contribution in [2.24, 2.45) is 0 Å². The van der Waals surface area contributed by atoms with E-state index in [1.165, 1.54) is 41.7 Å². The summed E-state index contributed by atoms with van der Waals surface area (Å²) < 4.78 is 62.1. The quantitative estimate of drug-likeness (QED) is 0.373. The van der Waals surface area contributed by atoms with Crippen LogP contribution in [0.2, 0.25) is 0 Å². The Morgan fingerprint density at radius 3 is 2.23 bits per heavy atom. The SMILES string of the molecule is CCc1ccccc1N(CC(=O)Nc1cc(S(=O)(=O)N2CCCCC2)ccc1OC)S(=O)(=O)c1ccc(C)cc1. The topological polar surface area (TPSA) is 113 Å². The van der Waals surface area contributed by atoms with Gasteiger partial charge in [-0.05, 0) is 68.1 Å². The molecule has 1 aliphatic heterocycles. The maximum absolute atomic E-state index is 13.8.